The van der Waals surface area contributed by atoms with E-state index in [1.165, 1.54) is 0 Å². The molecule has 0 radical (unpaired) electrons. The summed E-state index contributed by atoms with van der Waals surface area (Å²) < 4.78 is 13.1. The van der Waals surface area contributed by atoms with E-state index in [9.17, 15) is 4.79 Å². The van der Waals surface area contributed by atoms with Crippen LogP contribution in [-0.4, -0.2) is 39.7 Å². The summed E-state index contributed by atoms with van der Waals surface area (Å²) in [4.78, 5) is 17.6. The molecule has 0 saturated heterocycles. The fourth-order valence-electron chi connectivity index (χ4n) is 3.20. The summed E-state index contributed by atoms with van der Waals surface area (Å²) in [5.41, 5.74) is 2.10. The number of hydrogen-bond acceptors (Lipinski definition) is 7. The zero-order chi connectivity index (χ0) is 20.8. The van der Waals surface area contributed by atoms with Gasteiger partial charge in [-0.2, -0.15) is 4.98 Å². The number of nitrogens with zero attached hydrogens (tertiary/aromatic N) is 3. The minimum Gasteiger partial charge on any atom is -0.494 e. The van der Waals surface area contributed by atoms with Gasteiger partial charge in [-0.1, -0.05) is 43.8 Å². The van der Waals surface area contributed by atoms with Crippen LogP contribution in [0.2, 0.25) is 0 Å². The lowest BCUT2D eigenvalue weighted by Crippen LogP contribution is -2.30. The summed E-state index contributed by atoms with van der Waals surface area (Å²) in [6, 6.07) is 7.27. The second-order valence-corrected chi connectivity index (χ2v) is 7.75. The summed E-state index contributed by atoms with van der Waals surface area (Å²) in [6.07, 6.45) is 1.79. The minimum atomic E-state index is -0.471. The molecule has 1 atom stereocenters. The molecule has 0 aliphatic carbocycles. The highest BCUT2D eigenvalue weighted by atomic mass is 32.2. The number of ether oxygens (including phenoxy) is 2. The second kappa shape index (κ2) is 9.82. The standard InChI is InChI=1S/C21H28N4O3S/c1-5-12-28-19(26)17-14(4)22-20-23-21(29-13-6-2)24-25(20)18(17)15-10-8-9-11-16(15)27-7-3/h8-11,18H,5-7,12-13H2,1-4H3,(H,22,23,24). The molecule has 7 nitrogen and oxygen atoms in total. The van der Waals surface area contributed by atoms with Gasteiger partial charge in [-0.05, 0) is 32.8 Å². The molecule has 1 aromatic heterocycles. The number of fused-ring (bicyclic) bond motifs is 1. The number of carbonyl (C=O) groups excluding carboxylic acids is 1. The van der Waals surface area contributed by atoms with E-state index in [1.807, 2.05) is 45.0 Å². The monoisotopic (exact) mass is 416 g/mol. The number of aromatic nitrogens is 3. The lowest BCUT2D eigenvalue weighted by Gasteiger charge is -2.29. The first kappa shape index (κ1) is 21.2. The SMILES string of the molecule is CCCOC(=O)C1=C(C)Nc2nc(SCCC)nn2C1c1ccccc1OCC. The third-order valence-corrected chi connectivity index (χ3v) is 5.48. The molecular formula is C21H28N4O3S. The Morgan fingerprint density at radius 2 is 2.03 bits per heavy atom. The molecule has 8 heteroatoms. The number of para-hydroxylation sites is 1. The predicted molar refractivity (Wildman–Crippen MR) is 114 cm³/mol. The van der Waals surface area contributed by atoms with Crippen molar-refractivity contribution >= 4 is 23.7 Å². The Morgan fingerprint density at radius 3 is 2.76 bits per heavy atom. The number of allylic oxidation sites excluding steroid dienone is 1. The third-order valence-electron chi connectivity index (χ3n) is 4.44. The van der Waals surface area contributed by atoms with Gasteiger partial charge in [0.25, 0.3) is 0 Å². The molecule has 0 fully saturated rings. The number of hydrogen-bond donors (Lipinski definition) is 1. The van der Waals surface area contributed by atoms with Crippen LogP contribution in [0.3, 0.4) is 0 Å². The number of esters is 1. The maximum atomic E-state index is 13.0. The summed E-state index contributed by atoms with van der Waals surface area (Å²) in [6.45, 7) is 8.81. The van der Waals surface area contributed by atoms with Gasteiger partial charge >= 0.3 is 5.97 Å². The molecule has 1 aliphatic rings. The lowest BCUT2D eigenvalue weighted by atomic mass is 9.95. The van der Waals surface area contributed by atoms with Crippen LogP contribution >= 0.6 is 11.8 Å². The van der Waals surface area contributed by atoms with Crippen molar-refractivity contribution in [2.75, 3.05) is 24.3 Å². The average molecular weight is 417 g/mol. The zero-order valence-electron chi connectivity index (χ0n) is 17.4. The van der Waals surface area contributed by atoms with Gasteiger partial charge in [0.1, 0.15) is 11.8 Å². The first-order valence-corrected chi connectivity index (χ1v) is 11.0. The van der Waals surface area contributed by atoms with Crippen molar-refractivity contribution in [1.82, 2.24) is 14.8 Å². The van der Waals surface area contributed by atoms with E-state index in [-0.39, 0.29) is 5.97 Å². The van der Waals surface area contributed by atoms with Crippen molar-refractivity contribution in [2.45, 2.75) is 51.7 Å². The van der Waals surface area contributed by atoms with Crippen molar-refractivity contribution in [2.24, 2.45) is 0 Å². The normalized spacial score (nSPS) is 15.7. The third kappa shape index (κ3) is 4.58. The fraction of sp³-hybridized carbons (Fsp3) is 0.476. The van der Waals surface area contributed by atoms with E-state index in [2.05, 4.69) is 17.2 Å². The molecule has 2 aromatic rings. The smallest absolute Gasteiger partial charge is 0.338 e. The van der Waals surface area contributed by atoms with Gasteiger partial charge in [0, 0.05) is 17.0 Å². The van der Waals surface area contributed by atoms with Gasteiger partial charge < -0.3 is 14.8 Å². The maximum absolute atomic E-state index is 13.0. The summed E-state index contributed by atoms with van der Waals surface area (Å²) in [5.74, 6) is 1.92. The molecule has 1 unspecified atom stereocenters. The van der Waals surface area contributed by atoms with Crippen molar-refractivity contribution in [3.63, 3.8) is 0 Å². The molecule has 2 heterocycles. The predicted octanol–water partition coefficient (Wildman–Crippen LogP) is 4.42. The molecule has 1 aliphatic heterocycles. The lowest BCUT2D eigenvalue weighted by molar-refractivity contribution is -0.139. The molecule has 0 bridgehead atoms. The molecule has 0 spiro atoms. The van der Waals surface area contributed by atoms with E-state index in [0.29, 0.717) is 35.6 Å². The van der Waals surface area contributed by atoms with Gasteiger partial charge in [0.05, 0.1) is 18.8 Å². The van der Waals surface area contributed by atoms with Crippen LogP contribution in [0.25, 0.3) is 0 Å². The van der Waals surface area contributed by atoms with Crippen molar-refractivity contribution in [3.05, 3.63) is 41.1 Å². The van der Waals surface area contributed by atoms with E-state index >= 15 is 0 Å². The van der Waals surface area contributed by atoms with E-state index in [1.54, 1.807) is 16.4 Å². The average Bonchev–Trinajstić information content (AvgIpc) is 3.12. The number of benzene rings is 1. The van der Waals surface area contributed by atoms with Crippen LogP contribution in [0.1, 0.15) is 52.1 Å². The Labute approximate surface area is 175 Å². The molecule has 1 aromatic carbocycles. The largest absolute Gasteiger partial charge is 0.494 e. The molecule has 156 valence electrons. The van der Waals surface area contributed by atoms with Crippen LogP contribution in [0.15, 0.2) is 40.7 Å². The number of carbonyl (C=O) groups is 1. The Morgan fingerprint density at radius 1 is 1.24 bits per heavy atom. The van der Waals surface area contributed by atoms with Gasteiger partial charge in [-0.25, -0.2) is 9.48 Å². The Kier molecular flexibility index (Phi) is 7.19. The maximum Gasteiger partial charge on any atom is 0.338 e. The minimum absolute atomic E-state index is 0.350. The van der Waals surface area contributed by atoms with E-state index < -0.39 is 6.04 Å². The highest BCUT2D eigenvalue weighted by molar-refractivity contribution is 7.99. The van der Waals surface area contributed by atoms with E-state index in [0.717, 1.165) is 29.9 Å². The number of anilines is 1. The van der Waals surface area contributed by atoms with Gasteiger partial charge in [0.2, 0.25) is 11.1 Å². The molecule has 0 amide bonds. The topological polar surface area (TPSA) is 78.3 Å². The van der Waals surface area contributed by atoms with Gasteiger partial charge in [0.15, 0.2) is 0 Å². The number of rotatable bonds is 9. The Balaban J connectivity index is 2.11. The molecular weight excluding hydrogens is 388 g/mol. The summed E-state index contributed by atoms with van der Waals surface area (Å²) >= 11 is 1.60. The first-order chi connectivity index (χ1) is 14.1. The Hall–Kier alpha value is -2.48. The van der Waals surface area contributed by atoms with Gasteiger partial charge in [-0.3, -0.25) is 0 Å². The molecule has 1 N–H and O–H groups in total. The zero-order valence-corrected chi connectivity index (χ0v) is 18.2. The molecule has 3 rings (SSSR count). The number of thioether (sulfide) groups is 1. The van der Waals surface area contributed by atoms with Crippen molar-refractivity contribution < 1.29 is 14.3 Å². The van der Waals surface area contributed by atoms with Crippen molar-refractivity contribution in [3.8, 4) is 5.75 Å². The summed E-state index contributed by atoms with van der Waals surface area (Å²) in [7, 11) is 0. The Bertz CT molecular complexity index is 894. The molecule has 29 heavy (non-hydrogen) atoms. The van der Waals surface area contributed by atoms with Crippen LogP contribution < -0.4 is 10.1 Å². The van der Waals surface area contributed by atoms with Crippen LogP contribution in [0.4, 0.5) is 5.95 Å². The first-order valence-electron chi connectivity index (χ1n) is 10.1. The second-order valence-electron chi connectivity index (χ2n) is 6.68. The van der Waals surface area contributed by atoms with Crippen LogP contribution in [0.5, 0.6) is 5.75 Å². The summed E-state index contributed by atoms with van der Waals surface area (Å²) in [5, 5.41) is 8.62. The highest BCUT2D eigenvalue weighted by Crippen LogP contribution is 2.40. The fourth-order valence-corrected chi connectivity index (χ4v) is 3.89. The van der Waals surface area contributed by atoms with Gasteiger partial charge in [-0.15, -0.1) is 5.10 Å². The van der Waals surface area contributed by atoms with Crippen LogP contribution in [0, 0.1) is 0 Å². The van der Waals surface area contributed by atoms with Crippen LogP contribution in [-0.2, 0) is 9.53 Å². The number of nitrogens with one attached hydrogen (secondary N) is 1. The molecule has 0 saturated carbocycles. The van der Waals surface area contributed by atoms with Crippen molar-refractivity contribution in [1.29, 1.82) is 0 Å². The quantitative estimate of drug-likeness (QED) is 0.479. The highest BCUT2D eigenvalue weighted by Gasteiger charge is 2.36. The van der Waals surface area contributed by atoms with E-state index in [4.69, 9.17) is 14.6 Å².